The smallest absolute Gasteiger partial charge is 0.131 e. The van der Waals surface area contributed by atoms with Crippen LogP contribution in [0, 0.1) is 5.82 Å². The van der Waals surface area contributed by atoms with Gasteiger partial charge in [0.05, 0.1) is 13.2 Å². The minimum atomic E-state index is -0.401. The molecule has 0 saturated carbocycles. The summed E-state index contributed by atoms with van der Waals surface area (Å²) < 4.78 is 19.4. The first-order valence-corrected chi connectivity index (χ1v) is 8.75. The number of nitrogens with one attached hydrogen (secondary N) is 1. The van der Waals surface area contributed by atoms with Crippen molar-refractivity contribution in [3.05, 3.63) is 63.4 Å². The maximum Gasteiger partial charge on any atom is 0.131 e. The minimum Gasteiger partial charge on any atom is -0.488 e. The molecule has 0 atom stereocenters. The molecule has 8 heteroatoms. The first kappa shape index (κ1) is 22.6. The Hall–Kier alpha value is -1.41. The summed E-state index contributed by atoms with van der Waals surface area (Å²) in [6.07, 6.45) is 0. The molecule has 5 N–H and O–H groups in total. The molecular formula is C18H23Cl2FN2O3. The molecule has 0 unspecified atom stereocenters. The molecule has 0 aliphatic carbocycles. The summed E-state index contributed by atoms with van der Waals surface area (Å²) in [7, 11) is 0. The van der Waals surface area contributed by atoms with Crippen LogP contribution >= 0.6 is 23.2 Å². The molecule has 144 valence electrons. The Morgan fingerprint density at radius 2 is 1.65 bits per heavy atom. The van der Waals surface area contributed by atoms with Crippen molar-refractivity contribution in [3.63, 3.8) is 0 Å². The molecule has 2 aromatic rings. The van der Waals surface area contributed by atoms with Gasteiger partial charge in [-0.1, -0.05) is 29.3 Å². The summed E-state index contributed by atoms with van der Waals surface area (Å²) in [6, 6.07) is 9.70. The van der Waals surface area contributed by atoms with Gasteiger partial charge in [-0.05, 0) is 30.3 Å². The minimum absolute atomic E-state index is 0.0484. The maximum absolute atomic E-state index is 13.7. The van der Waals surface area contributed by atoms with Gasteiger partial charge in [-0.2, -0.15) is 0 Å². The molecule has 0 bridgehead atoms. The molecule has 0 aliphatic rings. The first-order chi connectivity index (χ1) is 12.5. The highest BCUT2D eigenvalue weighted by Gasteiger charge is 2.08. The number of aliphatic hydroxyl groups is 2. The first-order valence-electron chi connectivity index (χ1n) is 7.99. The van der Waals surface area contributed by atoms with Crippen LogP contribution in [0.25, 0.3) is 0 Å². The molecule has 0 fully saturated rings. The second-order valence-corrected chi connectivity index (χ2v) is 6.06. The summed E-state index contributed by atoms with van der Waals surface area (Å²) in [5.41, 5.74) is 6.05. The van der Waals surface area contributed by atoms with Crippen LogP contribution < -0.4 is 15.8 Å². The van der Waals surface area contributed by atoms with Gasteiger partial charge in [0.25, 0.3) is 0 Å². The lowest BCUT2D eigenvalue weighted by molar-refractivity contribution is 0.286. The molecule has 0 radical (unpaired) electrons. The van der Waals surface area contributed by atoms with E-state index in [0.717, 1.165) is 5.56 Å². The van der Waals surface area contributed by atoms with Crippen LogP contribution in [0.5, 0.6) is 5.75 Å². The monoisotopic (exact) mass is 404 g/mol. The van der Waals surface area contributed by atoms with Gasteiger partial charge < -0.3 is 26.0 Å². The molecule has 2 aromatic carbocycles. The van der Waals surface area contributed by atoms with Crippen LogP contribution in [0.15, 0.2) is 36.4 Å². The van der Waals surface area contributed by atoms with Crippen molar-refractivity contribution < 1.29 is 19.3 Å². The van der Waals surface area contributed by atoms with Crippen molar-refractivity contribution in [2.24, 2.45) is 5.73 Å². The Morgan fingerprint density at radius 1 is 1.00 bits per heavy atom. The topological polar surface area (TPSA) is 87.7 Å². The van der Waals surface area contributed by atoms with Crippen molar-refractivity contribution >= 4 is 23.2 Å². The molecular weight excluding hydrogens is 382 g/mol. The molecule has 0 aliphatic heterocycles. The molecule has 2 rings (SSSR count). The van der Waals surface area contributed by atoms with Gasteiger partial charge in [0.15, 0.2) is 0 Å². The van der Waals surface area contributed by atoms with Gasteiger partial charge in [0, 0.05) is 40.8 Å². The zero-order valence-electron chi connectivity index (χ0n) is 14.2. The number of nitrogens with two attached hydrogens (primary N) is 1. The average Bonchev–Trinajstić information content (AvgIpc) is 2.63. The third-order valence-electron chi connectivity index (χ3n) is 3.15. The van der Waals surface area contributed by atoms with Crippen molar-refractivity contribution in [2.75, 3.05) is 26.3 Å². The number of ether oxygens (including phenoxy) is 1. The van der Waals surface area contributed by atoms with Crippen molar-refractivity contribution in [1.82, 2.24) is 5.32 Å². The van der Waals surface area contributed by atoms with E-state index in [9.17, 15) is 4.39 Å². The Balaban J connectivity index is 0.000000765. The van der Waals surface area contributed by atoms with Gasteiger partial charge in [0.1, 0.15) is 18.2 Å². The van der Waals surface area contributed by atoms with Crippen LogP contribution in [0.3, 0.4) is 0 Å². The zero-order chi connectivity index (χ0) is 19.4. The van der Waals surface area contributed by atoms with E-state index in [-0.39, 0.29) is 19.8 Å². The number of hydrogen-bond donors (Lipinski definition) is 4. The van der Waals surface area contributed by atoms with Gasteiger partial charge in [-0.3, -0.25) is 0 Å². The SMILES string of the molecule is NCCO.OCCNCc1cc(Cl)ccc1OCc1ccc(Cl)cc1F. The van der Waals surface area contributed by atoms with Crippen LogP contribution in [-0.4, -0.2) is 36.5 Å². The fourth-order valence-electron chi connectivity index (χ4n) is 1.92. The van der Waals surface area contributed by atoms with E-state index in [2.05, 4.69) is 5.32 Å². The molecule has 0 spiro atoms. The van der Waals surface area contributed by atoms with Gasteiger partial charge >= 0.3 is 0 Å². The summed E-state index contributed by atoms with van der Waals surface area (Å²) in [6.45, 7) is 1.59. The number of rotatable bonds is 8. The van der Waals surface area contributed by atoms with Gasteiger partial charge in [-0.15, -0.1) is 0 Å². The third-order valence-corrected chi connectivity index (χ3v) is 3.62. The highest BCUT2D eigenvalue weighted by Crippen LogP contribution is 2.24. The van der Waals surface area contributed by atoms with E-state index in [1.54, 1.807) is 30.3 Å². The summed E-state index contributed by atoms with van der Waals surface area (Å²) in [5, 5.41) is 20.5. The van der Waals surface area contributed by atoms with Gasteiger partial charge in [-0.25, -0.2) is 4.39 Å². The van der Waals surface area contributed by atoms with Crippen LogP contribution in [-0.2, 0) is 13.2 Å². The molecule has 0 saturated heterocycles. The zero-order valence-corrected chi connectivity index (χ0v) is 15.7. The summed E-state index contributed by atoms with van der Waals surface area (Å²) >= 11 is 11.7. The molecule has 0 amide bonds. The van der Waals surface area contributed by atoms with E-state index in [1.807, 2.05) is 0 Å². The van der Waals surface area contributed by atoms with E-state index in [4.69, 9.17) is 43.9 Å². The highest BCUT2D eigenvalue weighted by atomic mass is 35.5. The number of hydrogen-bond acceptors (Lipinski definition) is 5. The lowest BCUT2D eigenvalue weighted by atomic mass is 10.2. The second kappa shape index (κ2) is 12.9. The Kier molecular flexibility index (Phi) is 11.2. The van der Waals surface area contributed by atoms with E-state index < -0.39 is 5.82 Å². The van der Waals surface area contributed by atoms with Crippen molar-refractivity contribution in [1.29, 1.82) is 0 Å². The van der Waals surface area contributed by atoms with E-state index in [0.29, 0.717) is 41.0 Å². The standard InChI is InChI=1S/C16H16Cl2FNO2.C2H7NO/c17-13-3-4-16(12(7-13)9-20-5-6-21)22-10-11-1-2-14(18)8-15(11)19;3-1-2-4/h1-4,7-8,20-21H,5-6,9-10H2;4H,1-3H2. The van der Waals surface area contributed by atoms with Crippen LogP contribution in [0.1, 0.15) is 11.1 Å². The molecule has 26 heavy (non-hydrogen) atoms. The highest BCUT2D eigenvalue weighted by molar-refractivity contribution is 6.30. The predicted octanol–water partition coefficient (Wildman–Crippen LogP) is 2.73. The van der Waals surface area contributed by atoms with Crippen molar-refractivity contribution in [3.8, 4) is 5.75 Å². The summed E-state index contributed by atoms with van der Waals surface area (Å²) in [5.74, 6) is 0.214. The Morgan fingerprint density at radius 3 is 2.27 bits per heavy atom. The molecule has 0 aromatic heterocycles. The largest absolute Gasteiger partial charge is 0.488 e. The lowest BCUT2D eigenvalue weighted by Gasteiger charge is -2.13. The number of aliphatic hydroxyl groups excluding tert-OH is 2. The third kappa shape index (κ3) is 8.31. The van der Waals surface area contributed by atoms with Crippen LogP contribution in [0.4, 0.5) is 4.39 Å². The van der Waals surface area contributed by atoms with Gasteiger partial charge in [0.2, 0.25) is 0 Å². The number of benzene rings is 2. The second-order valence-electron chi connectivity index (χ2n) is 5.19. The van der Waals surface area contributed by atoms with E-state index >= 15 is 0 Å². The maximum atomic E-state index is 13.7. The van der Waals surface area contributed by atoms with Crippen molar-refractivity contribution in [2.45, 2.75) is 13.2 Å². The Labute approximate surface area is 162 Å². The average molecular weight is 405 g/mol. The quantitative estimate of drug-likeness (QED) is 0.508. The summed E-state index contributed by atoms with van der Waals surface area (Å²) in [4.78, 5) is 0. The number of halogens is 3. The molecule has 5 nitrogen and oxygen atoms in total. The molecule has 0 heterocycles. The fourth-order valence-corrected chi connectivity index (χ4v) is 2.28. The normalized spacial score (nSPS) is 10.2. The van der Waals surface area contributed by atoms with E-state index in [1.165, 1.54) is 6.07 Å². The van der Waals surface area contributed by atoms with Crippen LogP contribution in [0.2, 0.25) is 10.0 Å². The predicted molar refractivity (Wildman–Crippen MR) is 102 cm³/mol. The lowest BCUT2D eigenvalue weighted by Crippen LogP contribution is -2.18. The fraction of sp³-hybridized carbons (Fsp3) is 0.333. The Bertz CT molecular complexity index is 673.